The first-order valence-electron chi connectivity index (χ1n) is 10.6. The zero-order valence-corrected chi connectivity index (χ0v) is 18.8. The van der Waals surface area contributed by atoms with Crippen LogP contribution in [0, 0.1) is 25.2 Å². The van der Waals surface area contributed by atoms with Gasteiger partial charge in [0.25, 0.3) is 11.8 Å². The van der Waals surface area contributed by atoms with Gasteiger partial charge < -0.3 is 15.4 Å². The van der Waals surface area contributed by atoms with Crippen LogP contribution in [0.1, 0.15) is 51.2 Å². The molecule has 31 heavy (non-hydrogen) atoms. The van der Waals surface area contributed by atoms with Gasteiger partial charge in [0.2, 0.25) is 0 Å². The summed E-state index contributed by atoms with van der Waals surface area (Å²) in [6.45, 7) is 8.95. The van der Waals surface area contributed by atoms with Crippen LogP contribution < -0.4 is 10.6 Å². The maximum Gasteiger partial charge on any atom is 0.326 e. The van der Waals surface area contributed by atoms with Gasteiger partial charge in [-0.05, 0) is 55.6 Å². The number of urea groups is 1. The summed E-state index contributed by atoms with van der Waals surface area (Å²) in [7, 11) is 0. The molecule has 0 unspecified atom stereocenters. The lowest BCUT2D eigenvalue weighted by molar-refractivity contribution is -0.150. The Morgan fingerprint density at radius 1 is 1.19 bits per heavy atom. The first-order valence-corrected chi connectivity index (χ1v) is 10.6. The van der Waals surface area contributed by atoms with E-state index in [0.717, 1.165) is 22.4 Å². The third kappa shape index (κ3) is 4.89. The molecule has 3 rings (SSSR count). The molecule has 2 N–H and O–H groups in total. The minimum Gasteiger partial charge on any atom is -0.454 e. The quantitative estimate of drug-likeness (QED) is 0.553. The Hall–Kier alpha value is -2.90. The average molecular weight is 430 g/mol. The van der Waals surface area contributed by atoms with Crippen molar-refractivity contribution in [3.63, 3.8) is 0 Å². The number of hydrogen-bond acceptors (Lipinski definition) is 5. The van der Waals surface area contributed by atoms with Crippen LogP contribution in [0.15, 0.2) is 18.2 Å². The van der Waals surface area contributed by atoms with Gasteiger partial charge in [-0.2, -0.15) is 0 Å². The Bertz CT molecular complexity index is 906. The summed E-state index contributed by atoms with van der Waals surface area (Å²) in [5, 5.41) is 5.55. The van der Waals surface area contributed by atoms with Crippen LogP contribution in [0.5, 0.6) is 0 Å². The number of anilines is 1. The Kier molecular flexibility index (Phi) is 6.11. The summed E-state index contributed by atoms with van der Waals surface area (Å²) in [5.41, 5.74) is 1.40. The second kappa shape index (κ2) is 8.32. The van der Waals surface area contributed by atoms with Gasteiger partial charge in [-0.15, -0.1) is 0 Å². The van der Waals surface area contributed by atoms with Crippen molar-refractivity contribution in [2.75, 3.05) is 18.5 Å². The van der Waals surface area contributed by atoms with Gasteiger partial charge in [0, 0.05) is 5.69 Å². The number of carbonyl (C=O) groups is 4. The van der Waals surface area contributed by atoms with Crippen molar-refractivity contribution in [2.45, 2.75) is 59.4 Å². The number of hydrogen-bond donors (Lipinski definition) is 2. The monoisotopic (exact) mass is 429 g/mol. The van der Waals surface area contributed by atoms with E-state index in [4.69, 9.17) is 4.74 Å². The number of para-hydroxylation sites is 1. The zero-order valence-electron chi connectivity index (χ0n) is 18.8. The molecule has 1 aromatic rings. The number of nitrogens with zero attached hydrogens (tertiary/aromatic N) is 1. The summed E-state index contributed by atoms with van der Waals surface area (Å²) in [6, 6.07) is 5.04. The van der Waals surface area contributed by atoms with Gasteiger partial charge in [-0.1, -0.05) is 39.0 Å². The molecule has 2 atom stereocenters. The summed E-state index contributed by atoms with van der Waals surface area (Å²) in [4.78, 5) is 50.9. The molecule has 1 aromatic carbocycles. The van der Waals surface area contributed by atoms with Crippen LogP contribution in [0.3, 0.4) is 0 Å². The fraction of sp³-hybridized carbons (Fsp3) is 0.565. The van der Waals surface area contributed by atoms with Crippen molar-refractivity contribution in [1.82, 2.24) is 10.2 Å². The largest absolute Gasteiger partial charge is 0.454 e. The van der Waals surface area contributed by atoms with E-state index in [1.54, 1.807) is 0 Å². The molecule has 2 aliphatic rings. The molecule has 8 heteroatoms. The smallest absolute Gasteiger partial charge is 0.326 e. The molecule has 1 heterocycles. The lowest BCUT2D eigenvalue weighted by Crippen LogP contribution is -2.54. The highest BCUT2D eigenvalue weighted by atomic mass is 16.5. The van der Waals surface area contributed by atoms with Gasteiger partial charge in [-0.25, -0.2) is 4.79 Å². The average Bonchev–Trinajstić information content (AvgIpc) is 2.85. The fourth-order valence-electron chi connectivity index (χ4n) is 5.16. The highest BCUT2D eigenvalue weighted by molar-refractivity contribution is 6.09. The summed E-state index contributed by atoms with van der Waals surface area (Å²) < 4.78 is 5.03. The topological polar surface area (TPSA) is 105 Å². The second-order valence-electron chi connectivity index (χ2n) is 9.73. The van der Waals surface area contributed by atoms with Crippen molar-refractivity contribution in [3.05, 3.63) is 29.3 Å². The summed E-state index contributed by atoms with van der Waals surface area (Å²) >= 11 is 0. The van der Waals surface area contributed by atoms with Gasteiger partial charge >= 0.3 is 12.0 Å². The molecule has 1 aliphatic heterocycles. The van der Waals surface area contributed by atoms with Crippen LogP contribution in [0.25, 0.3) is 0 Å². The van der Waals surface area contributed by atoms with E-state index < -0.39 is 42.5 Å². The molecule has 0 bridgehead atoms. The molecule has 0 aromatic heterocycles. The van der Waals surface area contributed by atoms with E-state index in [1.165, 1.54) is 0 Å². The number of rotatable bonds is 5. The number of carbonyl (C=O) groups excluding carboxylic acids is 4. The number of nitrogens with one attached hydrogen (secondary N) is 2. The standard InChI is InChI=1S/C23H31N3O5/c1-14-9-22(4,5)13-23(10-14)20(29)26(21(30)25-23)11-18(28)31-12-17(27)24-19-15(2)7-6-8-16(19)3/h6-8,14H,9-13H2,1-5H3,(H,24,27)(H,25,30)/t14-,23-/m1/s1. The van der Waals surface area contributed by atoms with Crippen LogP contribution >= 0.6 is 0 Å². The Labute approximate surface area is 182 Å². The molecule has 1 saturated carbocycles. The molecule has 8 nitrogen and oxygen atoms in total. The summed E-state index contributed by atoms with van der Waals surface area (Å²) in [5.74, 6) is -1.41. The van der Waals surface area contributed by atoms with Crippen molar-refractivity contribution in [3.8, 4) is 0 Å². The third-order valence-corrected chi connectivity index (χ3v) is 6.02. The molecule has 168 valence electrons. The van der Waals surface area contributed by atoms with Crippen molar-refractivity contribution < 1.29 is 23.9 Å². The molecule has 1 saturated heterocycles. The van der Waals surface area contributed by atoms with Gasteiger partial charge in [0.15, 0.2) is 6.61 Å². The van der Waals surface area contributed by atoms with E-state index >= 15 is 0 Å². The van der Waals surface area contributed by atoms with E-state index in [-0.39, 0.29) is 11.3 Å². The van der Waals surface area contributed by atoms with E-state index in [2.05, 4.69) is 31.4 Å². The second-order valence-corrected chi connectivity index (χ2v) is 9.73. The highest BCUT2D eigenvalue weighted by Gasteiger charge is 2.56. The molecule has 2 fully saturated rings. The predicted octanol–water partition coefficient (Wildman–Crippen LogP) is 2.92. The first kappa shape index (κ1) is 22.8. The van der Waals surface area contributed by atoms with E-state index in [1.807, 2.05) is 32.0 Å². The molecular formula is C23H31N3O5. The van der Waals surface area contributed by atoms with Gasteiger partial charge in [0.05, 0.1) is 0 Å². The Balaban J connectivity index is 1.57. The number of ether oxygens (including phenoxy) is 1. The maximum absolute atomic E-state index is 13.1. The maximum atomic E-state index is 13.1. The lowest BCUT2D eigenvalue weighted by atomic mass is 9.64. The molecule has 1 aliphatic carbocycles. The number of benzene rings is 1. The minimum atomic E-state index is -0.974. The number of aryl methyl sites for hydroxylation is 2. The first-order chi connectivity index (χ1) is 14.4. The predicted molar refractivity (Wildman–Crippen MR) is 115 cm³/mol. The summed E-state index contributed by atoms with van der Waals surface area (Å²) in [6.07, 6.45) is 2.04. The minimum absolute atomic E-state index is 0.0943. The van der Waals surface area contributed by atoms with Crippen LogP contribution in [-0.2, 0) is 19.1 Å². The van der Waals surface area contributed by atoms with Gasteiger partial charge in [0.1, 0.15) is 12.1 Å². The van der Waals surface area contributed by atoms with Crippen molar-refractivity contribution in [1.29, 1.82) is 0 Å². The molecule has 0 radical (unpaired) electrons. The number of amides is 4. The fourth-order valence-corrected chi connectivity index (χ4v) is 5.16. The molecule has 4 amide bonds. The van der Waals surface area contributed by atoms with Gasteiger partial charge in [-0.3, -0.25) is 19.3 Å². The normalized spacial score (nSPS) is 24.8. The van der Waals surface area contributed by atoms with Crippen LogP contribution in [0.4, 0.5) is 10.5 Å². The highest BCUT2D eigenvalue weighted by Crippen LogP contribution is 2.46. The lowest BCUT2D eigenvalue weighted by Gasteiger charge is -2.43. The third-order valence-electron chi connectivity index (χ3n) is 6.02. The van der Waals surface area contributed by atoms with Crippen molar-refractivity contribution >= 4 is 29.5 Å². The van der Waals surface area contributed by atoms with Crippen LogP contribution in [-0.4, -0.2) is 47.4 Å². The Morgan fingerprint density at radius 2 is 1.84 bits per heavy atom. The van der Waals surface area contributed by atoms with Crippen molar-refractivity contribution in [2.24, 2.45) is 11.3 Å². The van der Waals surface area contributed by atoms with E-state index in [0.29, 0.717) is 18.5 Å². The molecule has 1 spiro atoms. The number of esters is 1. The molecular weight excluding hydrogens is 398 g/mol. The SMILES string of the molecule is Cc1cccc(C)c1NC(=O)COC(=O)CN1C(=O)N[C@@]2(C[C@H](C)CC(C)(C)C2)C1=O. The Morgan fingerprint density at radius 3 is 2.45 bits per heavy atom. The van der Waals surface area contributed by atoms with Crippen LogP contribution in [0.2, 0.25) is 0 Å². The number of imide groups is 1. The van der Waals surface area contributed by atoms with E-state index in [9.17, 15) is 19.2 Å². The zero-order chi connectivity index (χ0) is 23.0.